The van der Waals surface area contributed by atoms with Gasteiger partial charge in [0.15, 0.2) is 6.10 Å². The molecule has 1 aromatic heterocycles. The quantitative estimate of drug-likeness (QED) is 0.733. The Hall–Kier alpha value is -3.07. The molecule has 0 bridgehead atoms. The van der Waals surface area contributed by atoms with Gasteiger partial charge in [0.1, 0.15) is 5.54 Å². The van der Waals surface area contributed by atoms with Gasteiger partial charge in [-0.05, 0) is 45.2 Å². The molecule has 1 aliphatic carbocycles. The van der Waals surface area contributed by atoms with E-state index in [-0.39, 0.29) is 0 Å². The summed E-state index contributed by atoms with van der Waals surface area (Å²) in [5.41, 5.74) is 2.50. The van der Waals surface area contributed by atoms with Crippen LogP contribution in [0.1, 0.15) is 66.3 Å². The van der Waals surface area contributed by atoms with E-state index in [2.05, 4.69) is 16.0 Å². The lowest BCUT2D eigenvalue weighted by Crippen LogP contribution is -2.52. The number of nitriles is 1. The minimum absolute atomic E-state index is 0.426. The SMILES string of the molecule is Cc1cc(C(=O)O[C@@H](C)C(=O)NC2(C#N)CCCCC2)c(C)n1Cc1ccccc1. The van der Waals surface area contributed by atoms with Gasteiger partial charge < -0.3 is 14.6 Å². The number of aryl methyl sites for hydroxylation is 1. The third-order valence-corrected chi connectivity index (χ3v) is 5.91. The molecule has 1 N–H and O–H groups in total. The number of rotatable bonds is 6. The van der Waals surface area contributed by atoms with Gasteiger partial charge in [-0.3, -0.25) is 4.79 Å². The molecule has 1 heterocycles. The number of esters is 1. The summed E-state index contributed by atoms with van der Waals surface area (Å²) in [7, 11) is 0. The summed E-state index contributed by atoms with van der Waals surface area (Å²) in [6.07, 6.45) is 3.20. The van der Waals surface area contributed by atoms with E-state index >= 15 is 0 Å². The van der Waals surface area contributed by atoms with Crippen molar-refractivity contribution in [3.05, 3.63) is 58.9 Å². The Balaban J connectivity index is 1.67. The summed E-state index contributed by atoms with van der Waals surface area (Å²) in [4.78, 5) is 25.4. The van der Waals surface area contributed by atoms with Crippen LogP contribution in [0.3, 0.4) is 0 Å². The summed E-state index contributed by atoms with van der Waals surface area (Å²) in [6, 6.07) is 14.1. The first kappa shape index (κ1) is 21.6. The van der Waals surface area contributed by atoms with E-state index in [0.717, 1.165) is 36.2 Å². The minimum atomic E-state index is -0.971. The molecule has 6 heteroatoms. The first-order valence-corrected chi connectivity index (χ1v) is 10.5. The molecule has 3 rings (SSSR count). The fourth-order valence-electron chi connectivity index (χ4n) is 4.05. The van der Waals surface area contributed by atoms with Crippen molar-refractivity contribution < 1.29 is 14.3 Å². The number of hydrogen-bond acceptors (Lipinski definition) is 4. The Morgan fingerprint density at radius 2 is 1.87 bits per heavy atom. The number of carbonyl (C=O) groups is 2. The molecule has 1 saturated carbocycles. The van der Waals surface area contributed by atoms with E-state index in [1.165, 1.54) is 0 Å². The highest BCUT2D eigenvalue weighted by molar-refractivity contribution is 5.93. The van der Waals surface area contributed by atoms with Gasteiger partial charge in [0.25, 0.3) is 5.91 Å². The van der Waals surface area contributed by atoms with Crippen LogP contribution < -0.4 is 5.32 Å². The maximum atomic E-state index is 12.8. The van der Waals surface area contributed by atoms with E-state index in [0.29, 0.717) is 24.9 Å². The van der Waals surface area contributed by atoms with Gasteiger partial charge in [-0.15, -0.1) is 0 Å². The van der Waals surface area contributed by atoms with Gasteiger partial charge >= 0.3 is 5.97 Å². The Labute approximate surface area is 177 Å². The van der Waals surface area contributed by atoms with Crippen LogP contribution in [0.5, 0.6) is 0 Å². The largest absolute Gasteiger partial charge is 0.449 e. The number of hydrogen-bond donors (Lipinski definition) is 1. The molecule has 1 aliphatic rings. The van der Waals surface area contributed by atoms with E-state index in [1.54, 1.807) is 13.0 Å². The van der Waals surface area contributed by atoms with Crippen molar-refractivity contribution in [1.82, 2.24) is 9.88 Å². The molecule has 158 valence electrons. The van der Waals surface area contributed by atoms with Crippen LogP contribution in [0, 0.1) is 25.2 Å². The summed E-state index contributed by atoms with van der Waals surface area (Å²) in [5.74, 6) is -0.954. The molecule has 0 spiro atoms. The van der Waals surface area contributed by atoms with Gasteiger partial charge in [-0.25, -0.2) is 4.79 Å². The fraction of sp³-hybridized carbons (Fsp3) is 0.458. The van der Waals surface area contributed by atoms with Crippen molar-refractivity contribution in [2.45, 2.75) is 71.1 Å². The van der Waals surface area contributed by atoms with Crippen molar-refractivity contribution in [1.29, 1.82) is 5.26 Å². The van der Waals surface area contributed by atoms with Crippen LogP contribution in [0.2, 0.25) is 0 Å². The summed E-state index contributed by atoms with van der Waals surface area (Å²) < 4.78 is 7.51. The van der Waals surface area contributed by atoms with Gasteiger partial charge in [0, 0.05) is 17.9 Å². The molecule has 0 radical (unpaired) electrons. The number of nitrogens with one attached hydrogen (secondary N) is 1. The average molecular weight is 408 g/mol. The monoisotopic (exact) mass is 407 g/mol. The molecule has 2 aromatic rings. The second kappa shape index (κ2) is 9.17. The highest BCUT2D eigenvalue weighted by atomic mass is 16.5. The Morgan fingerprint density at radius 3 is 2.50 bits per heavy atom. The maximum Gasteiger partial charge on any atom is 0.340 e. The van der Waals surface area contributed by atoms with Gasteiger partial charge in [-0.2, -0.15) is 5.26 Å². The molecular weight excluding hydrogens is 378 g/mol. The van der Waals surface area contributed by atoms with Gasteiger partial charge in [-0.1, -0.05) is 49.6 Å². The summed E-state index contributed by atoms with van der Waals surface area (Å²) in [5, 5.41) is 12.4. The van der Waals surface area contributed by atoms with Crippen molar-refractivity contribution in [2.24, 2.45) is 0 Å². The number of aromatic nitrogens is 1. The smallest absolute Gasteiger partial charge is 0.340 e. The van der Waals surface area contributed by atoms with E-state index in [9.17, 15) is 14.9 Å². The minimum Gasteiger partial charge on any atom is -0.449 e. The van der Waals surface area contributed by atoms with Crippen LogP contribution in [0.15, 0.2) is 36.4 Å². The van der Waals surface area contributed by atoms with Crippen LogP contribution in [-0.4, -0.2) is 28.1 Å². The van der Waals surface area contributed by atoms with Crippen LogP contribution in [0.25, 0.3) is 0 Å². The highest BCUT2D eigenvalue weighted by Gasteiger charge is 2.35. The second-order valence-corrected chi connectivity index (χ2v) is 8.15. The molecule has 1 atom stereocenters. The van der Waals surface area contributed by atoms with Crippen molar-refractivity contribution in [3.63, 3.8) is 0 Å². The second-order valence-electron chi connectivity index (χ2n) is 8.15. The normalized spacial score (nSPS) is 16.3. The van der Waals surface area contributed by atoms with Gasteiger partial charge in [0.2, 0.25) is 0 Å². The topological polar surface area (TPSA) is 84.1 Å². The molecular formula is C24H29N3O3. The lowest BCUT2D eigenvalue weighted by molar-refractivity contribution is -0.130. The molecule has 0 saturated heterocycles. The molecule has 1 amide bonds. The number of ether oxygens (including phenoxy) is 1. The first-order valence-electron chi connectivity index (χ1n) is 10.5. The molecule has 1 fully saturated rings. The predicted molar refractivity (Wildman–Crippen MR) is 114 cm³/mol. The lowest BCUT2D eigenvalue weighted by Gasteiger charge is -2.32. The Morgan fingerprint density at radius 1 is 1.20 bits per heavy atom. The predicted octanol–water partition coefficient (Wildman–Crippen LogP) is 4.04. The average Bonchev–Trinajstić information content (AvgIpc) is 3.03. The van der Waals surface area contributed by atoms with Crippen molar-refractivity contribution in [3.8, 4) is 6.07 Å². The zero-order valence-electron chi connectivity index (χ0n) is 17.9. The molecule has 6 nitrogen and oxygen atoms in total. The third kappa shape index (κ3) is 4.73. The maximum absolute atomic E-state index is 12.8. The molecule has 0 unspecified atom stereocenters. The standard InChI is InChI=1S/C24H29N3O3/c1-17-14-21(18(2)27(17)15-20-10-6-4-7-11-20)23(29)30-19(3)22(28)26-24(16-25)12-8-5-9-13-24/h4,6-7,10-11,14,19H,5,8-9,12-13,15H2,1-3H3,(H,26,28)/t19-/m0/s1. The van der Waals surface area contributed by atoms with Crippen LogP contribution in [0.4, 0.5) is 0 Å². The van der Waals surface area contributed by atoms with Crippen molar-refractivity contribution >= 4 is 11.9 Å². The molecule has 1 aromatic carbocycles. The zero-order valence-corrected chi connectivity index (χ0v) is 17.9. The molecule has 30 heavy (non-hydrogen) atoms. The van der Waals surface area contributed by atoms with Crippen molar-refractivity contribution in [2.75, 3.05) is 0 Å². The third-order valence-electron chi connectivity index (χ3n) is 5.91. The zero-order chi connectivity index (χ0) is 21.7. The van der Waals surface area contributed by atoms with E-state index in [1.807, 2.05) is 44.2 Å². The highest BCUT2D eigenvalue weighted by Crippen LogP contribution is 2.28. The number of nitrogens with zero attached hydrogens (tertiary/aromatic N) is 2. The fourth-order valence-corrected chi connectivity index (χ4v) is 4.05. The van der Waals surface area contributed by atoms with E-state index < -0.39 is 23.5 Å². The number of amides is 1. The van der Waals surface area contributed by atoms with E-state index in [4.69, 9.17) is 4.74 Å². The number of benzene rings is 1. The Bertz CT molecular complexity index is 950. The molecule has 0 aliphatic heterocycles. The summed E-state index contributed by atoms with van der Waals surface area (Å²) in [6.45, 7) is 6.03. The van der Waals surface area contributed by atoms with Gasteiger partial charge in [0.05, 0.1) is 11.6 Å². The van der Waals surface area contributed by atoms with Crippen LogP contribution >= 0.6 is 0 Å². The Kier molecular flexibility index (Phi) is 6.61. The summed E-state index contributed by atoms with van der Waals surface area (Å²) >= 11 is 0. The lowest BCUT2D eigenvalue weighted by atomic mass is 9.83. The first-order chi connectivity index (χ1) is 14.3. The number of carbonyl (C=O) groups excluding carboxylic acids is 2. The van der Waals surface area contributed by atoms with Crippen LogP contribution in [-0.2, 0) is 16.1 Å².